The molecule has 2 aliphatic rings. The zero-order valence-corrected chi connectivity index (χ0v) is 27.9. The molecule has 0 saturated heterocycles. The van der Waals surface area contributed by atoms with Gasteiger partial charge in [0.2, 0.25) is 0 Å². The van der Waals surface area contributed by atoms with Crippen LogP contribution in [0.3, 0.4) is 0 Å². The van der Waals surface area contributed by atoms with E-state index in [2.05, 4.69) is 123 Å². The average Bonchev–Trinajstić information content (AvgIpc) is 2.99. The second kappa shape index (κ2) is 14.1. The van der Waals surface area contributed by atoms with Crippen LogP contribution in [-0.2, 0) is 19.5 Å². The first-order chi connectivity index (χ1) is 13.3. The quantitative estimate of drug-likeness (QED) is 0.272. The van der Waals surface area contributed by atoms with Crippen molar-refractivity contribution in [2.45, 2.75) is 97.8 Å². The third-order valence-electron chi connectivity index (χ3n) is 5.17. The van der Waals surface area contributed by atoms with Crippen molar-refractivity contribution in [3.8, 4) is 0 Å². The molecule has 1 aliphatic carbocycles. The molecule has 0 aromatic rings. The fourth-order valence-electron chi connectivity index (χ4n) is 3.45. The maximum absolute atomic E-state index is 5.59. The van der Waals surface area contributed by atoms with Gasteiger partial charge >= 0.3 is 19.5 Å². The Bertz CT molecular complexity index is 679. The van der Waals surface area contributed by atoms with Crippen molar-refractivity contribution >= 4 is 16.0 Å². The summed E-state index contributed by atoms with van der Waals surface area (Å²) in [6.45, 7) is 35.9. The molecule has 2 rings (SSSR count). The smallest absolute Gasteiger partial charge is 1.00 e. The number of rotatable bonds is 3. The largest absolute Gasteiger partial charge is 2.00 e. The number of nitrogens with zero attached hydrogens (tertiary/aromatic N) is 2. The minimum Gasteiger partial charge on any atom is -1.00 e. The minimum absolute atomic E-state index is 0. The molecule has 0 atom stereocenters. The van der Waals surface area contributed by atoms with Crippen LogP contribution in [0.5, 0.6) is 0 Å². The maximum atomic E-state index is 5.59. The number of allylic oxidation sites excluding steroid dienone is 5. The van der Waals surface area contributed by atoms with E-state index in [1.54, 1.807) is 0 Å². The first-order valence-corrected chi connectivity index (χ1v) is 16.1. The van der Waals surface area contributed by atoms with Crippen molar-refractivity contribution < 1.29 is 44.3 Å². The van der Waals surface area contributed by atoms with Crippen molar-refractivity contribution in [1.29, 1.82) is 0 Å². The van der Waals surface area contributed by atoms with E-state index in [0.717, 1.165) is 11.9 Å². The van der Waals surface area contributed by atoms with Crippen LogP contribution in [-0.4, -0.2) is 40.0 Å². The van der Waals surface area contributed by atoms with Crippen LogP contribution in [0, 0.1) is 19.7 Å². The summed E-state index contributed by atoms with van der Waals surface area (Å²) in [6, 6.07) is 0. The molecule has 0 bridgehead atoms. The van der Waals surface area contributed by atoms with Crippen LogP contribution in [0.2, 0.25) is 19.6 Å². The summed E-state index contributed by atoms with van der Waals surface area (Å²) in [7, 11) is -1.20. The molecule has 0 saturated carbocycles. The third-order valence-corrected chi connectivity index (χ3v) is 11.1. The van der Waals surface area contributed by atoms with Crippen molar-refractivity contribution in [2.24, 2.45) is 0 Å². The zero-order valence-electron chi connectivity index (χ0n) is 22.8. The van der Waals surface area contributed by atoms with E-state index < -0.39 is 8.07 Å². The molecule has 0 aromatic heterocycles. The van der Waals surface area contributed by atoms with E-state index in [1.165, 1.54) is 5.20 Å². The fourth-order valence-corrected chi connectivity index (χ4v) is 7.97. The van der Waals surface area contributed by atoms with Crippen LogP contribution in [0.15, 0.2) is 41.4 Å². The summed E-state index contributed by atoms with van der Waals surface area (Å²) in [5.74, 6) is 0. The molecule has 0 aromatic carbocycles. The molecular weight excluding hydrogens is 571 g/mol. The Balaban J connectivity index is -0.000000557. The van der Waals surface area contributed by atoms with E-state index in [0.29, 0.717) is 10.3 Å². The van der Waals surface area contributed by atoms with Crippen molar-refractivity contribution in [1.82, 2.24) is 9.80 Å². The second-order valence-electron chi connectivity index (χ2n) is 12.3. The summed E-state index contributed by atoms with van der Waals surface area (Å²) in [5, 5.41) is 2.22. The van der Waals surface area contributed by atoms with Gasteiger partial charge in [0.25, 0.3) is 0 Å². The molecular formula is C26H46Cl2N2PRuSi. The number of halogens is 2. The van der Waals surface area contributed by atoms with Gasteiger partial charge in [-0.15, -0.1) is 0 Å². The third kappa shape index (κ3) is 13.2. The Morgan fingerprint density at radius 3 is 1.67 bits per heavy atom. The summed E-state index contributed by atoms with van der Waals surface area (Å²) < 4.78 is 0. The Morgan fingerprint density at radius 1 is 0.879 bits per heavy atom. The van der Waals surface area contributed by atoms with Crippen molar-refractivity contribution in [3.05, 3.63) is 61.1 Å². The van der Waals surface area contributed by atoms with Crippen LogP contribution in [0.25, 0.3) is 0 Å². The summed E-state index contributed by atoms with van der Waals surface area (Å²) in [6.07, 6.45) is 13.8. The van der Waals surface area contributed by atoms with E-state index in [1.807, 2.05) is 12.5 Å². The fraction of sp³-hybridized carbons (Fsp3) is 0.615. The SMILES string of the molecule is CC(C)(C)N1[CH]N(CP(C(C)(C)C)C(C)(C)C)C=C1.[CH-]=C1C=CC([Si](C)(C)C)=C[CH+]1.[Cl-].[Cl-].[Ru+2]. The first-order valence-electron chi connectivity index (χ1n) is 11.0. The topological polar surface area (TPSA) is 6.48 Å². The molecule has 7 heteroatoms. The van der Waals surface area contributed by atoms with Gasteiger partial charge in [0.15, 0.2) is 0 Å². The van der Waals surface area contributed by atoms with Gasteiger partial charge < -0.3 is 34.6 Å². The van der Waals surface area contributed by atoms with Gasteiger partial charge in [-0.2, -0.15) is 0 Å². The molecule has 33 heavy (non-hydrogen) atoms. The molecule has 1 aliphatic heterocycles. The Morgan fingerprint density at radius 2 is 1.36 bits per heavy atom. The summed E-state index contributed by atoms with van der Waals surface area (Å²) in [4.78, 5) is 4.67. The van der Waals surface area contributed by atoms with Crippen LogP contribution in [0.4, 0.5) is 0 Å². The maximum Gasteiger partial charge on any atom is 2.00 e. The molecule has 0 amide bonds. The molecule has 0 fully saturated rings. The predicted molar refractivity (Wildman–Crippen MR) is 141 cm³/mol. The van der Waals surface area contributed by atoms with Crippen LogP contribution < -0.4 is 24.8 Å². The molecule has 0 unspecified atom stereocenters. The molecule has 0 spiro atoms. The van der Waals surface area contributed by atoms with Gasteiger partial charge in [0, 0.05) is 24.2 Å². The molecule has 1 radical (unpaired) electrons. The summed E-state index contributed by atoms with van der Waals surface area (Å²) >= 11 is 0. The predicted octanol–water partition coefficient (Wildman–Crippen LogP) is 1.96. The van der Waals surface area contributed by atoms with Gasteiger partial charge in [0.05, 0.1) is 8.07 Å². The van der Waals surface area contributed by atoms with Gasteiger partial charge in [-0.3, -0.25) is 0 Å². The van der Waals surface area contributed by atoms with Crippen molar-refractivity contribution in [2.75, 3.05) is 6.29 Å². The summed E-state index contributed by atoms with van der Waals surface area (Å²) in [5.41, 5.74) is 1.02. The monoisotopic (exact) mass is 617 g/mol. The normalized spacial score (nSPS) is 16.2. The van der Waals surface area contributed by atoms with Gasteiger partial charge in [-0.05, 0) is 36.7 Å². The molecule has 1 heterocycles. The molecule has 0 N–H and O–H groups in total. The van der Waals surface area contributed by atoms with Crippen molar-refractivity contribution in [3.63, 3.8) is 0 Å². The van der Waals surface area contributed by atoms with Gasteiger partial charge in [-0.1, -0.05) is 106 Å². The zero-order chi connectivity index (χ0) is 23.5. The Labute approximate surface area is 234 Å². The second-order valence-corrected chi connectivity index (χ2v) is 21.2. The minimum atomic E-state index is -1.11. The van der Waals surface area contributed by atoms with Gasteiger partial charge in [0.1, 0.15) is 6.67 Å². The number of hydrogen-bond donors (Lipinski definition) is 0. The Kier molecular flexibility index (Phi) is 16.2. The van der Waals surface area contributed by atoms with E-state index in [4.69, 9.17) is 6.58 Å². The average molecular weight is 618 g/mol. The number of hydrogen-bond acceptors (Lipinski definition) is 2. The van der Waals surface area contributed by atoms with E-state index >= 15 is 0 Å². The van der Waals surface area contributed by atoms with Crippen LogP contribution >= 0.6 is 7.92 Å². The molecule has 191 valence electrons. The molecule has 2 nitrogen and oxygen atoms in total. The van der Waals surface area contributed by atoms with E-state index in [9.17, 15) is 0 Å². The van der Waals surface area contributed by atoms with Crippen LogP contribution in [0.1, 0.15) is 62.3 Å². The van der Waals surface area contributed by atoms with Gasteiger partial charge in [-0.25, -0.2) is 0 Å². The Hall–Kier alpha value is 0.280. The standard InChI is InChI=1S/C16H32N2P.C10H14Si.2ClH.Ru/c1-14(2,3)18-11-10-17(12-18)13-19(15(4,5)6)16(7,8)9;1-9-5-7-10(8-6-9)11(2,3)4;;;/h10-12H,13H2,1-9H3;1,5-8H,2-4H3;2*1H;/q;;;;+2/p-2. The van der Waals surface area contributed by atoms with E-state index in [-0.39, 0.29) is 57.8 Å². The first kappa shape index (κ1) is 37.8.